The normalized spacial score (nSPS) is 27.3. The van der Waals surface area contributed by atoms with Gasteiger partial charge in [0.05, 0.1) is 12.2 Å². The van der Waals surface area contributed by atoms with E-state index in [-0.39, 0.29) is 25.0 Å². The average molecular weight is 907 g/mol. The van der Waals surface area contributed by atoms with Crippen LogP contribution in [0.15, 0.2) is 0 Å². The zero-order chi connectivity index (χ0) is 46.2. The minimum absolute atomic E-state index is 0.158. The van der Waals surface area contributed by atoms with Crippen molar-refractivity contribution >= 4 is 11.9 Å². The van der Waals surface area contributed by atoms with Crippen molar-refractivity contribution in [3.05, 3.63) is 0 Å². The number of hydrogen-bond donors (Lipinski definition) is 8. The number of esters is 2. The van der Waals surface area contributed by atoms with Crippen LogP contribution in [0, 0.1) is 0 Å². The number of hydrogen-bond acceptors (Lipinski definition) is 15. The van der Waals surface area contributed by atoms with E-state index in [0.29, 0.717) is 12.8 Å². The highest BCUT2D eigenvalue weighted by molar-refractivity contribution is 5.69. The summed E-state index contributed by atoms with van der Waals surface area (Å²) < 4.78 is 27.5. The Kier molecular flexibility index (Phi) is 32.6. The Balaban J connectivity index is 1.62. The van der Waals surface area contributed by atoms with Gasteiger partial charge in [-0.1, -0.05) is 155 Å². The maximum atomic E-state index is 12.5. The van der Waals surface area contributed by atoms with E-state index in [4.69, 9.17) is 23.7 Å². The van der Waals surface area contributed by atoms with Gasteiger partial charge in [0.25, 0.3) is 0 Å². The first kappa shape index (κ1) is 57.6. The Morgan fingerprint density at radius 2 is 0.698 bits per heavy atom. The van der Waals surface area contributed by atoms with Crippen LogP contribution < -0.4 is 0 Å². The number of aliphatic hydroxyl groups excluding tert-OH is 8. The lowest BCUT2D eigenvalue weighted by molar-refractivity contribution is -0.376. The van der Waals surface area contributed by atoms with E-state index >= 15 is 0 Å². The van der Waals surface area contributed by atoms with Gasteiger partial charge in [0, 0.05) is 12.8 Å². The molecule has 15 heteroatoms. The first-order valence-electron chi connectivity index (χ1n) is 25.1. The van der Waals surface area contributed by atoms with E-state index in [1.165, 1.54) is 38.5 Å². The second-order valence-corrected chi connectivity index (χ2v) is 18.3. The summed E-state index contributed by atoms with van der Waals surface area (Å²) in [5.41, 5.74) is 0. The summed E-state index contributed by atoms with van der Waals surface area (Å²) in [6.45, 7) is 3.47. The molecule has 0 radical (unpaired) electrons. The average Bonchev–Trinajstić information content (AvgIpc) is 3.27. The van der Waals surface area contributed by atoms with E-state index in [9.17, 15) is 50.4 Å². The fourth-order valence-electron chi connectivity index (χ4n) is 8.28. The summed E-state index contributed by atoms with van der Waals surface area (Å²) in [5.74, 6) is -1.03. The van der Waals surface area contributed by atoms with Crippen LogP contribution in [0.2, 0.25) is 0 Å². The highest BCUT2D eigenvalue weighted by atomic mass is 16.8. The van der Waals surface area contributed by atoms with Gasteiger partial charge in [-0.15, -0.1) is 0 Å². The van der Waals surface area contributed by atoms with E-state index in [1.54, 1.807) is 0 Å². The van der Waals surface area contributed by atoms with Crippen molar-refractivity contribution in [1.82, 2.24) is 0 Å². The Bertz CT molecular complexity index is 1050. The number of ether oxygens (including phenoxy) is 5. The second kappa shape index (κ2) is 35.7. The van der Waals surface area contributed by atoms with Crippen LogP contribution in [0.25, 0.3) is 0 Å². The van der Waals surface area contributed by atoms with Crippen LogP contribution in [-0.4, -0.2) is 140 Å². The van der Waals surface area contributed by atoms with E-state index in [0.717, 1.165) is 128 Å². The van der Waals surface area contributed by atoms with Crippen molar-refractivity contribution < 1.29 is 74.1 Å². The van der Waals surface area contributed by atoms with Crippen molar-refractivity contribution in [2.24, 2.45) is 0 Å². The molecule has 12 atom stereocenters. The molecule has 0 aromatic rings. The van der Waals surface area contributed by atoms with Gasteiger partial charge in [-0.3, -0.25) is 9.59 Å². The molecule has 2 saturated heterocycles. The molecule has 372 valence electrons. The van der Waals surface area contributed by atoms with Crippen molar-refractivity contribution in [3.63, 3.8) is 0 Å². The molecule has 2 unspecified atom stereocenters. The van der Waals surface area contributed by atoms with Gasteiger partial charge in [-0.2, -0.15) is 0 Å². The molecule has 2 rings (SSSR count). The van der Waals surface area contributed by atoms with Gasteiger partial charge >= 0.3 is 11.9 Å². The zero-order valence-electron chi connectivity index (χ0n) is 39.0. The predicted octanol–water partition coefficient (Wildman–Crippen LogP) is 6.17. The van der Waals surface area contributed by atoms with E-state index in [1.807, 2.05) is 0 Å². The molecular formula is C48H90O15. The third-order valence-electron chi connectivity index (χ3n) is 12.5. The zero-order valence-corrected chi connectivity index (χ0v) is 39.0. The van der Waals surface area contributed by atoms with Crippen LogP contribution in [0.4, 0.5) is 0 Å². The van der Waals surface area contributed by atoms with Crippen molar-refractivity contribution in [1.29, 1.82) is 0 Å². The summed E-state index contributed by atoms with van der Waals surface area (Å²) in [5, 5.41) is 83.7. The molecule has 0 aliphatic carbocycles. The van der Waals surface area contributed by atoms with Crippen LogP contribution in [0.5, 0.6) is 0 Å². The van der Waals surface area contributed by atoms with Crippen LogP contribution in [-0.2, 0) is 33.3 Å². The minimum Gasteiger partial charge on any atom is -0.463 e. The Labute approximate surface area is 378 Å². The molecule has 0 aromatic heterocycles. The summed E-state index contributed by atoms with van der Waals surface area (Å²) in [7, 11) is 0. The highest BCUT2D eigenvalue weighted by Crippen LogP contribution is 2.29. The van der Waals surface area contributed by atoms with Crippen LogP contribution in [0.1, 0.15) is 206 Å². The van der Waals surface area contributed by atoms with Crippen molar-refractivity contribution in [3.8, 4) is 0 Å². The number of carbonyl (C=O) groups is 2. The first-order valence-corrected chi connectivity index (χ1v) is 25.1. The molecule has 0 saturated carbocycles. The number of aliphatic hydroxyl groups is 8. The van der Waals surface area contributed by atoms with Crippen molar-refractivity contribution in [2.75, 3.05) is 13.2 Å². The van der Waals surface area contributed by atoms with Gasteiger partial charge in [0.1, 0.15) is 62.0 Å². The fourth-order valence-corrected chi connectivity index (χ4v) is 8.28. The molecule has 0 spiro atoms. The molecule has 2 aliphatic rings. The summed E-state index contributed by atoms with van der Waals surface area (Å²) in [6.07, 6.45) is 12.3. The lowest BCUT2D eigenvalue weighted by Crippen LogP contribution is -2.64. The molecule has 0 aromatic carbocycles. The number of unbranched alkanes of at least 4 members (excludes halogenated alkanes) is 20. The third kappa shape index (κ3) is 25.3. The molecule has 63 heavy (non-hydrogen) atoms. The molecule has 2 fully saturated rings. The SMILES string of the molecule is CCCCCCC(O)CCCCCCCCCCC(=O)OC[C@@H]1O[C@@H](O[C@H]2O[C@H](COC(=O)CCCCCCCCCCC(O)CCCCCC)[C@@H](O)[C@H](O)[C@H]2O)[C@@H](O)[C@H](O)[C@H]1O. The summed E-state index contributed by atoms with van der Waals surface area (Å²) >= 11 is 0. The molecule has 2 aliphatic heterocycles. The maximum absolute atomic E-state index is 12.5. The minimum atomic E-state index is -1.82. The lowest BCUT2D eigenvalue weighted by atomic mass is 9.98. The van der Waals surface area contributed by atoms with Gasteiger partial charge < -0.3 is 64.5 Å². The molecule has 0 bridgehead atoms. The van der Waals surface area contributed by atoms with Crippen LogP contribution in [0.3, 0.4) is 0 Å². The van der Waals surface area contributed by atoms with Crippen LogP contribution >= 0.6 is 0 Å². The third-order valence-corrected chi connectivity index (χ3v) is 12.5. The standard InChI is InChI=1S/C48H90O15/c1-3-5-7-21-27-35(49)29-23-17-13-9-11-15-19-25-31-39(51)59-33-37-41(53)43(55)45(57)47(61-37)63-48-46(58)44(56)42(54)38(62-48)34-60-40(52)32-26-20-16-12-10-14-18-24-30-36(50)28-22-8-6-4-2/h35-38,41-50,53-58H,3-34H2,1-2H3/t35?,36?,37-,38+,41-,42+,43+,44-,45-,46+,47-,48+. The lowest BCUT2D eigenvalue weighted by Gasteiger charge is -2.44. The van der Waals surface area contributed by atoms with E-state index in [2.05, 4.69) is 13.8 Å². The smallest absolute Gasteiger partial charge is 0.305 e. The molecule has 0 amide bonds. The fraction of sp³-hybridized carbons (Fsp3) is 0.958. The molecule has 2 heterocycles. The van der Waals surface area contributed by atoms with Gasteiger partial charge in [0.2, 0.25) is 0 Å². The molecular weight excluding hydrogens is 817 g/mol. The van der Waals surface area contributed by atoms with Gasteiger partial charge in [0.15, 0.2) is 12.6 Å². The Morgan fingerprint density at radius 1 is 0.413 bits per heavy atom. The Hall–Kier alpha value is -1.50. The predicted molar refractivity (Wildman–Crippen MR) is 238 cm³/mol. The van der Waals surface area contributed by atoms with E-state index < -0.39 is 86.6 Å². The molecule has 15 nitrogen and oxygen atoms in total. The maximum Gasteiger partial charge on any atom is 0.305 e. The second-order valence-electron chi connectivity index (χ2n) is 18.3. The quantitative estimate of drug-likeness (QED) is 0.0255. The topological polar surface area (TPSA) is 242 Å². The van der Waals surface area contributed by atoms with Crippen molar-refractivity contribution in [2.45, 2.75) is 280 Å². The largest absolute Gasteiger partial charge is 0.463 e. The highest BCUT2D eigenvalue weighted by Gasteiger charge is 2.50. The monoisotopic (exact) mass is 907 g/mol. The Morgan fingerprint density at radius 3 is 1.02 bits per heavy atom. The summed E-state index contributed by atoms with van der Waals surface area (Å²) in [6, 6.07) is 0. The van der Waals surface area contributed by atoms with Gasteiger partial charge in [-0.05, 0) is 38.5 Å². The van der Waals surface area contributed by atoms with Gasteiger partial charge in [-0.25, -0.2) is 0 Å². The first-order chi connectivity index (χ1) is 30.4. The molecule has 8 N–H and O–H groups in total. The number of rotatable bonds is 38. The summed E-state index contributed by atoms with van der Waals surface area (Å²) in [4.78, 5) is 24.9. The number of carbonyl (C=O) groups excluding carboxylic acids is 2.